The maximum absolute atomic E-state index is 11.3. The lowest BCUT2D eigenvalue weighted by Gasteiger charge is -2.36. The topological polar surface area (TPSA) is 93.8 Å². The number of rotatable bonds is 10. The molecule has 1 saturated heterocycles. The number of carbonyl (C=O) groups excluding carboxylic acids is 1. The molecule has 2 heterocycles. The van der Waals surface area contributed by atoms with Crippen LogP contribution in [0.25, 0.3) is 22.6 Å². The summed E-state index contributed by atoms with van der Waals surface area (Å²) in [4.78, 5) is 16.2. The number of benzene rings is 4. The summed E-state index contributed by atoms with van der Waals surface area (Å²) in [6.07, 6.45) is -0.264. The summed E-state index contributed by atoms with van der Waals surface area (Å²) in [5, 5.41) is 12.9. The number of aliphatic hydroxyl groups excluding tert-OH is 1. The number of ether oxygens (including phenoxy) is 2. The number of nitrogens with one attached hydrogen (secondary N) is 1. The molecule has 1 aliphatic rings. The first kappa shape index (κ1) is 29.8. The molecule has 44 heavy (non-hydrogen) atoms. The van der Waals surface area contributed by atoms with Crippen molar-refractivity contribution in [3.8, 4) is 22.6 Å². The van der Waals surface area contributed by atoms with E-state index in [4.69, 9.17) is 18.9 Å². The van der Waals surface area contributed by atoms with E-state index in [0.29, 0.717) is 23.9 Å². The molecule has 7 nitrogen and oxygen atoms in total. The Morgan fingerprint density at radius 1 is 0.841 bits per heavy atom. The molecule has 5 aromatic rings. The van der Waals surface area contributed by atoms with E-state index < -0.39 is 6.29 Å². The van der Waals surface area contributed by atoms with Gasteiger partial charge in [-0.15, -0.1) is 0 Å². The van der Waals surface area contributed by atoms with Gasteiger partial charge in [0.2, 0.25) is 5.91 Å². The fraction of sp³-hybridized carbons (Fsp3) is 0.222. The standard InChI is InChI=1S/C36H34N2O5S/c1-24(40)37-21-25-12-18-30(19-13-25)35-41-31(20-32(42-35)27-16-14-26(22-39)15-17-27)23-44-36-38-33(28-8-4-2-5-9-28)34(43-36)29-10-6-3-7-11-29/h2-19,31-32,35,39H,20-23H2,1H3,(H,37,40)/t31-,32+,35+/m1/s1. The highest BCUT2D eigenvalue weighted by atomic mass is 32.2. The number of oxazole rings is 1. The number of nitrogens with zero attached hydrogens (tertiary/aromatic N) is 1. The molecule has 0 unspecified atom stereocenters. The molecule has 0 aliphatic carbocycles. The van der Waals surface area contributed by atoms with Gasteiger partial charge in [0.1, 0.15) is 5.69 Å². The molecule has 0 bridgehead atoms. The lowest BCUT2D eigenvalue weighted by molar-refractivity contribution is -0.245. The third-order valence-corrected chi connectivity index (χ3v) is 8.45. The Morgan fingerprint density at radius 2 is 1.48 bits per heavy atom. The van der Waals surface area contributed by atoms with Gasteiger partial charge in [0.05, 0.1) is 18.8 Å². The number of amides is 1. The molecule has 8 heteroatoms. The van der Waals surface area contributed by atoms with Crippen LogP contribution in [0.15, 0.2) is 119 Å². The summed E-state index contributed by atoms with van der Waals surface area (Å²) in [5.41, 5.74) is 6.56. The van der Waals surface area contributed by atoms with E-state index in [-0.39, 0.29) is 24.7 Å². The molecule has 1 amide bonds. The molecule has 4 aromatic carbocycles. The van der Waals surface area contributed by atoms with Crippen LogP contribution < -0.4 is 5.32 Å². The number of hydrogen-bond donors (Lipinski definition) is 2. The van der Waals surface area contributed by atoms with Gasteiger partial charge in [-0.2, -0.15) is 0 Å². The van der Waals surface area contributed by atoms with E-state index in [2.05, 4.69) is 5.32 Å². The molecule has 1 fully saturated rings. The fourth-order valence-electron chi connectivity index (χ4n) is 5.15. The number of aromatic nitrogens is 1. The third-order valence-electron chi connectivity index (χ3n) is 7.49. The van der Waals surface area contributed by atoms with E-state index in [9.17, 15) is 9.90 Å². The van der Waals surface area contributed by atoms with E-state index >= 15 is 0 Å². The Bertz CT molecular complexity index is 1600. The summed E-state index contributed by atoms with van der Waals surface area (Å²) in [5.74, 6) is 1.29. The quantitative estimate of drug-likeness (QED) is 0.159. The van der Waals surface area contributed by atoms with E-state index in [1.54, 1.807) is 0 Å². The van der Waals surface area contributed by atoms with Gasteiger partial charge in [-0.3, -0.25) is 4.79 Å². The minimum Gasteiger partial charge on any atom is -0.431 e. The van der Waals surface area contributed by atoms with Gasteiger partial charge >= 0.3 is 0 Å². The summed E-state index contributed by atoms with van der Waals surface area (Å²) in [6.45, 7) is 1.97. The predicted octanol–water partition coefficient (Wildman–Crippen LogP) is 7.47. The number of thioether (sulfide) groups is 1. The predicted molar refractivity (Wildman–Crippen MR) is 170 cm³/mol. The highest BCUT2D eigenvalue weighted by Crippen LogP contribution is 2.41. The van der Waals surface area contributed by atoms with Crippen molar-refractivity contribution in [2.45, 2.75) is 50.2 Å². The zero-order valence-electron chi connectivity index (χ0n) is 24.4. The van der Waals surface area contributed by atoms with Crippen molar-refractivity contribution in [2.24, 2.45) is 0 Å². The van der Waals surface area contributed by atoms with Crippen molar-refractivity contribution in [3.05, 3.63) is 131 Å². The lowest BCUT2D eigenvalue weighted by atomic mass is 10.0. The largest absolute Gasteiger partial charge is 0.431 e. The van der Waals surface area contributed by atoms with Gasteiger partial charge in [0, 0.05) is 42.3 Å². The van der Waals surface area contributed by atoms with Crippen molar-refractivity contribution in [3.63, 3.8) is 0 Å². The summed E-state index contributed by atoms with van der Waals surface area (Å²) >= 11 is 1.53. The summed E-state index contributed by atoms with van der Waals surface area (Å²) in [7, 11) is 0. The average molecular weight is 607 g/mol. The van der Waals surface area contributed by atoms with Crippen LogP contribution in [0.2, 0.25) is 0 Å². The van der Waals surface area contributed by atoms with E-state index in [1.165, 1.54) is 18.7 Å². The zero-order chi connectivity index (χ0) is 30.3. The Kier molecular flexibility index (Phi) is 9.53. The van der Waals surface area contributed by atoms with Gasteiger partial charge in [-0.1, -0.05) is 121 Å². The van der Waals surface area contributed by atoms with Crippen LogP contribution in [0.5, 0.6) is 0 Å². The number of aliphatic hydroxyl groups is 1. The third kappa shape index (κ3) is 7.29. The smallest absolute Gasteiger partial charge is 0.256 e. The van der Waals surface area contributed by atoms with Crippen LogP contribution in [-0.4, -0.2) is 27.9 Å². The zero-order valence-corrected chi connectivity index (χ0v) is 25.2. The minimum atomic E-state index is -0.573. The molecule has 3 atom stereocenters. The van der Waals surface area contributed by atoms with Crippen LogP contribution in [-0.2, 0) is 27.4 Å². The molecule has 224 valence electrons. The molecule has 2 N–H and O–H groups in total. The number of carbonyl (C=O) groups is 1. The molecule has 1 aromatic heterocycles. The van der Waals surface area contributed by atoms with Crippen molar-refractivity contribution in [2.75, 3.05) is 5.75 Å². The van der Waals surface area contributed by atoms with Crippen LogP contribution in [0.3, 0.4) is 0 Å². The van der Waals surface area contributed by atoms with Crippen LogP contribution >= 0.6 is 11.8 Å². The Morgan fingerprint density at radius 3 is 2.14 bits per heavy atom. The van der Waals surface area contributed by atoms with Crippen molar-refractivity contribution < 1.29 is 23.8 Å². The second kappa shape index (κ2) is 14.1. The SMILES string of the molecule is CC(=O)NCc1ccc([C@H]2O[C@@H](CSc3nc(-c4ccccc4)c(-c4ccccc4)o3)C[C@@H](c3ccc(CO)cc3)O2)cc1. The van der Waals surface area contributed by atoms with Gasteiger partial charge in [0.15, 0.2) is 12.1 Å². The molecule has 0 saturated carbocycles. The van der Waals surface area contributed by atoms with Crippen LogP contribution in [0.4, 0.5) is 0 Å². The highest BCUT2D eigenvalue weighted by Gasteiger charge is 2.33. The first-order chi connectivity index (χ1) is 21.6. The molecule has 1 aliphatic heterocycles. The average Bonchev–Trinajstić information content (AvgIpc) is 3.52. The Hall–Kier alpha value is -4.21. The summed E-state index contributed by atoms with van der Waals surface area (Å²) in [6, 6.07) is 35.9. The van der Waals surface area contributed by atoms with Crippen LogP contribution in [0, 0.1) is 0 Å². The first-order valence-electron chi connectivity index (χ1n) is 14.6. The van der Waals surface area contributed by atoms with Gasteiger partial charge in [-0.25, -0.2) is 4.98 Å². The number of hydrogen-bond acceptors (Lipinski definition) is 7. The van der Waals surface area contributed by atoms with Gasteiger partial charge < -0.3 is 24.3 Å². The molecule has 6 rings (SSSR count). The monoisotopic (exact) mass is 606 g/mol. The Balaban J connectivity index is 1.23. The van der Waals surface area contributed by atoms with Crippen molar-refractivity contribution in [1.82, 2.24) is 10.3 Å². The van der Waals surface area contributed by atoms with E-state index in [1.807, 2.05) is 109 Å². The molecular weight excluding hydrogens is 572 g/mol. The van der Waals surface area contributed by atoms with Gasteiger partial charge in [0.25, 0.3) is 5.22 Å². The Labute approximate surface area is 261 Å². The fourth-order valence-corrected chi connectivity index (χ4v) is 5.99. The second-order valence-electron chi connectivity index (χ2n) is 10.7. The van der Waals surface area contributed by atoms with Crippen molar-refractivity contribution in [1.29, 1.82) is 0 Å². The van der Waals surface area contributed by atoms with E-state index in [0.717, 1.165) is 44.8 Å². The van der Waals surface area contributed by atoms with Crippen molar-refractivity contribution >= 4 is 17.7 Å². The molecule has 0 radical (unpaired) electrons. The van der Waals surface area contributed by atoms with Gasteiger partial charge in [-0.05, 0) is 16.7 Å². The van der Waals surface area contributed by atoms with Crippen LogP contribution in [0.1, 0.15) is 48.0 Å². The molecular formula is C36H34N2O5S. The highest BCUT2D eigenvalue weighted by molar-refractivity contribution is 7.99. The lowest BCUT2D eigenvalue weighted by Crippen LogP contribution is -2.31. The maximum atomic E-state index is 11.3. The second-order valence-corrected chi connectivity index (χ2v) is 11.7. The molecule has 0 spiro atoms. The summed E-state index contributed by atoms with van der Waals surface area (Å²) < 4.78 is 19.4. The maximum Gasteiger partial charge on any atom is 0.256 e. The minimum absolute atomic E-state index is 0.00622. The normalized spacial score (nSPS) is 18.2. The first-order valence-corrected chi connectivity index (χ1v) is 15.6.